The molecule has 0 saturated carbocycles. The smallest absolute Gasteiger partial charge is 0.251 e. The maximum atomic E-state index is 13.2. The summed E-state index contributed by atoms with van der Waals surface area (Å²) in [6.07, 6.45) is 3.55. The van der Waals surface area contributed by atoms with Gasteiger partial charge in [-0.2, -0.15) is 0 Å². The Morgan fingerprint density at radius 2 is 1.61 bits per heavy atom. The number of rotatable bonds is 8. The van der Waals surface area contributed by atoms with Crippen LogP contribution in [0.1, 0.15) is 36.7 Å². The third-order valence-corrected chi connectivity index (χ3v) is 5.74. The molecule has 0 radical (unpaired) electrons. The molecule has 0 saturated heterocycles. The third-order valence-electron chi connectivity index (χ3n) is 4.51. The van der Waals surface area contributed by atoms with E-state index in [4.69, 9.17) is 0 Å². The summed E-state index contributed by atoms with van der Waals surface area (Å²) in [5.41, 5.74) is 1.72. The van der Waals surface area contributed by atoms with Crippen LogP contribution in [0.2, 0.25) is 0 Å². The first-order valence-corrected chi connectivity index (χ1v) is 11.3. The minimum atomic E-state index is -0.832. The fraction of sp³-hybridized carbons (Fsp3) is 0.240. The van der Waals surface area contributed by atoms with E-state index in [0.29, 0.717) is 5.69 Å². The first-order chi connectivity index (χ1) is 15.7. The maximum absolute atomic E-state index is 13.2. The van der Waals surface area contributed by atoms with Crippen molar-refractivity contribution in [1.82, 2.24) is 15.0 Å². The van der Waals surface area contributed by atoms with Gasteiger partial charge in [0, 0.05) is 40.5 Å². The van der Waals surface area contributed by atoms with Crippen LogP contribution in [0.25, 0.3) is 0 Å². The van der Waals surface area contributed by atoms with Crippen molar-refractivity contribution in [2.24, 2.45) is 0 Å². The highest BCUT2D eigenvalue weighted by Crippen LogP contribution is 2.21. The summed E-state index contributed by atoms with van der Waals surface area (Å²) < 4.78 is 16.5. The lowest BCUT2D eigenvalue weighted by Crippen LogP contribution is -2.45. The van der Waals surface area contributed by atoms with Gasteiger partial charge < -0.3 is 10.6 Å². The zero-order valence-electron chi connectivity index (χ0n) is 18.8. The summed E-state index contributed by atoms with van der Waals surface area (Å²) in [6.45, 7) is 6.24. The molecule has 1 aromatic heterocycles. The molecule has 2 amide bonds. The average molecular weight is 467 g/mol. The predicted molar refractivity (Wildman–Crippen MR) is 129 cm³/mol. The second kappa shape index (κ2) is 11.1. The van der Waals surface area contributed by atoms with Crippen molar-refractivity contribution in [3.8, 4) is 0 Å². The van der Waals surface area contributed by atoms with Gasteiger partial charge in [0.05, 0.1) is 0 Å². The van der Waals surface area contributed by atoms with Gasteiger partial charge in [-0.05, 0) is 98.9 Å². The Hall–Kier alpha value is -3.23. The van der Waals surface area contributed by atoms with E-state index in [9.17, 15) is 14.0 Å². The fourth-order valence-electron chi connectivity index (χ4n) is 2.85. The molecule has 1 heterocycles. The number of aromatic nitrogens is 1. The molecular formula is C25H27FN4O2S. The van der Waals surface area contributed by atoms with Crippen molar-refractivity contribution in [2.45, 2.75) is 43.7 Å². The molecule has 3 N–H and O–H groups in total. The largest absolute Gasteiger partial charge is 0.340 e. The molecule has 1 unspecified atom stereocenters. The van der Waals surface area contributed by atoms with E-state index in [1.54, 1.807) is 24.5 Å². The van der Waals surface area contributed by atoms with E-state index in [-0.39, 0.29) is 23.4 Å². The van der Waals surface area contributed by atoms with Crippen molar-refractivity contribution < 1.29 is 14.0 Å². The lowest BCUT2D eigenvalue weighted by atomic mass is 10.1. The number of benzene rings is 2. The number of hydrogen-bond donors (Lipinski definition) is 3. The molecule has 0 aliphatic carbocycles. The molecule has 6 nitrogen and oxygen atoms in total. The standard InChI is InChI=1S/C25H27FN4O2S/c1-25(2,3)30-33-21-10-8-20(9-11-21)28-24(32)22(16-17-12-14-27-15-13-17)29-23(31)18-4-6-19(26)7-5-18/h4-15,22,30H,16H2,1-3H3,(H,28,32)(H,29,31). The molecule has 1 atom stereocenters. The normalized spacial score (nSPS) is 12.1. The van der Waals surface area contributed by atoms with E-state index in [1.165, 1.54) is 36.2 Å². The summed E-state index contributed by atoms with van der Waals surface area (Å²) in [6, 6.07) is 15.4. The van der Waals surface area contributed by atoms with Gasteiger partial charge in [-0.3, -0.25) is 19.3 Å². The Kier molecular flexibility index (Phi) is 8.19. The van der Waals surface area contributed by atoms with Crippen LogP contribution in [-0.4, -0.2) is 28.4 Å². The molecule has 3 aromatic rings. The van der Waals surface area contributed by atoms with Crippen LogP contribution in [-0.2, 0) is 11.2 Å². The number of nitrogens with one attached hydrogen (secondary N) is 3. The number of anilines is 1. The van der Waals surface area contributed by atoms with E-state index in [0.717, 1.165) is 10.5 Å². The monoisotopic (exact) mass is 466 g/mol. The predicted octanol–water partition coefficient (Wildman–Crippen LogP) is 4.60. The van der Waals surface area contributed by atoms with Crippen molar-refractivity contribution >= 4 is 29.4 Å². The molecule has 0 aliphatic rings. The van der Waals surface area contributed by atoms with Gasteiger partial charge in [-0.25, -0.2) is 4.39 Å². The van der Waals surface area contributed by atoms with Gasteiger partial charge in [0.15, 0.2) is 0 Å². The molecule has 2 aromatic carbocycles. The second-order valence-corrected chi connectivity index (χ2v) is 9.44. The summed E-state index contributed by atoms with van der Waals surface area (Å²) in [5.74, 6) is -1.24. The van der Waals surface area contributed by atoms with E-state index in [2.05, 4.69) is 41.1 Å². The first kappa shape index (κ1) is 24.4. The molecule has 8 heteroatoms. The molecule has 172 valence electrons. The number of carbonyl (C=O) groups excluding carboxylic acids is 2. The second-order valence-electron chi connectivity index (χ2n) is 8.56. The summed E-state index contributed by atoms with van der Waals surface area (Å²) in [4.78, 5) is 30.7. The van der Waals surface area contributed by atoms with E-state index in [1.807, 2.05) is 24.3 Å². The van der Waals surface area contributed by atoms with Crippen molar-refractivity contribution in [2.75, 3.05) is 5.32 Å². The van der Waals surface area contributed by atoms with Crippen molar-refractivity contribution in [1.29, 1.82) is 0 Å². The SMILES string of the molecule is CC(C)(C)NSc1ccc(NC(=O)C(Cc2ccncc2)NC(=O)c2ccc(F)cc2)cc1. The number of nitrogens with zero attached hydrogens (tertiary/aromatic N) is 1. The highest BCUT2D eigenvalue weighted by atomic mass is 32.2. The van der Waals surface area contributed by atoms with Crippen molar-refractivity contribution in [3.63, 3.8) is 0 Å². The summed E-state index contributed by atoms with van der Waals surface area (Å²) in [7, 11) is 0. The van der Waals surface area contributed by atoms with Crippen LogP contribution in [0.3, 0.4) is 0 Å². The average Bonchev–Trinajstić information content (AvgIpc) is 2.78. The van der Waals surface area contributed by atoms with Gasteiger partial charge in [0.1, 0.15) is 11.9 Å². The van der Waals surface area contributed by atoms with E-state index >= 15 is 0 Å². The van der Waals surface area contributed by atoms with Gasteiger partial charge >= 0.3 is 0 Å². The van der Waals surface area contributed by atoms with E-state index < -0.39 is 17.8 Å². The minimum Gasteiger partial charge on any atom is -0.340 e. The zero-order valence-corrected chi connectivity index (χ0v) is 19.6. The Morgan fingerprint density at radius 1 is 0.970 bits per heavy atom. The zero-order chi connectivity index (χ0) is 23.8. The third kappa shape index (κ3) is 8.00. The van der Waals surface area contributed by atoms with Gasteiger partial charge in [0.25, 0.3) is 5.91 Å². The Morgan fingerprint density at radius 3 is 2.21 bits per heavy atom. The number of pyridine rings is 1. The van der Waals surface area contributed by atoms with Crippen LogP contribution < -0.4 is 15.4 Å². The van der Waals surface area contributed by atoms with Gasteiger partial charge in [-0.1, -0.05) is 0 Å². The molecule has 3 rings (SSSR count). The topological polar surface area (TPSA) is 83.1 Å². The molecule has 0 bridgehead atoms. The number of carbonyl (C=O) groups is 2. The fourth-order valence-corrected chi connectivity index (χ4v) is 3.55. The highest BCUT2D eigenvalue weighted by molar-refractivity contribution is 7.97. The summed E-state index contributed by atoms with van der Waals surface area (Å²) >= 11 is 1.52. The minimum absolute atomic E-state index is 0.0273. The first-order valence-electron chi connectivity index (χ1n) is 10.5. The maximum Gasteiger partial charge on any atom is 0.251 e. The lowest BCUT2D eigenvalue weighted by molar-refractivity contribution is -0.118. The van der Waals surface area contributed by atoms with Crippen LogP contribution in [0, 0.1) is 5.82 Å². The number of amides is 2. The molecule has 33 heavy (non-hydrogen) atoms. The van der Waals surface area contributed by atoms with Crippen LogP contribution in [0.5, 0.6) is 0 Å². The van der Waals surface area contributed by atoms with Crippen LogP contribution in [0.15, 0.2) is 78.0 Å². The van der Waals surface area contributed by atoms with Gasteiger partial charge in [-0.15, -0.1) is 0 Å². The quantitative estimate of drug-likeness (QED) is 0.423. The van der Waals surface area contributed by atoms with Crippen LogP contribution >= 0.6 is 11.9 Å². The number of hydrogen-bond acceptors (Lipinski definition) is 5. The summed E-state index contributed by atoms with van der Waals surface area (Å²) in [5, 5.41) is 5.63. The van der Waals surface area contributed by atoms with Crippen LogP contribution in [0.4, 0.5) is 10.1 Å². The molecule has 0 fully saturated rings. The Bertz CT molecular complexity index is 1070. The molecule has 0 spiro atoms. The highest BCUT2D eigenvalue weighted by Gasteiger charge is 2.22. The van der Waals surface area contributed by atoms with Crippen molar-refractivity contribution in [3.05, 3.63) is 90.0 Å². The molecule has 0 aliphatic heterocycles. The lowest BCUT2D eigenvalue weighted by Gasteiger charge is -2.20. The number of halogens is 1. The Labute approximate surface area is 197 Å². The van der Waals surface area contributed by atoms with Gasteiger partial charge in [0.2, 0.25) is 5.91 Å². The Balaban J connectivity index is 1.70. The molecular weight excluding hydrogens is 439 g/mol.